The Morgan fingerprint density at radius 2 is 1.11 bits per heavy atom. The third-order valence-electron chi connectivity index (χ3n) is 3.98. The molecular formula is C18H21N. The SMILES string of the molecule is CC(C)c1ccc2[nH]c3ccc(C(C)C)cc3c2c1. The summed E-state index contributed by atoms with van der Waals surface area (Å²) in [5, 5.41) is 2.70. The van der Waals surface area contributed by atoms with Crippen molar-refractivity contribution in [2.75, 3.05) is 0 Å². The highest BCUT2D eigenvalue weighted by Crippen LogP contribution is 2.30. The van der Waals surface area contributed by atoms with Crippen LogP contribution in [0.25, 0.3) is 21.8 Å². The van der Waals surface area contributed by atoms with E-state index in [9.17, 15) is 0 Å². The van der Waals surface area contributed by atoms with Crippen molar-refractivity contribution < 1.29 is 0 Å². The number of hydrogen-bond donors (Lipinski definition) is 1. The molecule has 1 nitrogen and oxygen atoms in total. The monoisotopic (exact) mass is 251 g/mol. The Hall–Kier alpha value is -1.76. The molecule has 0 saturated heterocycles. The molecule has 19 heavy (non-hydrogen) atoms. The van der Waals surface area contributed by atoms with E-state index in [0.717, 1.165) is 0 Å². The van der Waals surface area contributed by atoms with Crippen LogP contribution in [0.5, 0.6) is 0 Å². The van der Waals surface area contributed by atoms with Gasteiger partial charge >= 0.3 is 0 Å². The Bertz CT molecular complexity index is 670. The van der Waals surface area contributed by atoms with E-state index in [1.807, 2.05) is 0 Å². The normalized spacial score (nSPS) is 12.1. The molecule has 0 spiro atoms. The highest BCUT2D eigenvalue weighted by Gasteiger charge is 2.08. The molecule has 0 unspecified atom stereocenters. The number of nitrogens with one attached hydrogen (secondary N) is 1. The van der Waals surface area contributed by atoms with E-state index in [-0.39, 0.29) is 0 Å². The Labute approximate surface area is 114 Å². The van der Waals surface area contributed by atoms with Crippen molar-refractivity contribution in [2.24, 2.45) is 0 Å². The van der Waals surface area contributed by atoms with Gasteiger partial charge in [-0.25, -0.2) is 0 Å². The van der Waals surface area contributed by atoms with Crippen LogP contribution in [0.1, 0.15) is 50.7 Å². The summed E-state index contributed by atoms with van der Waals surface area (Å²) < 4.78 is 0. The van der Waals surface area contributed by atoms with Crippen molar-refractivity contribution in [3.63, 3.8) is 0 Å². The summed E-state index contributed by atoms with van der Waals surface area (Å²) in [6.45, 7) is 8.98. The van der Waals surface area contributed by atoms with Gasteiger partial charge in [0.15, 0.2) is 0 Å². The highest BCUT2D eigenvalue weighted by molar-refractivity contribution is 6.07. The number of fused-ring (bicyclic) bond motifs is 3. The van der Waals surface area contributed by atoms with E-state index < -0.39 is 0 Å². The summed E-state index contributed by atoms with van der Waals surface area (Å²) in [4.78, 5) is 3.51. The van der Waals surface area contributed by atoms with Crippen molar-refractivity contribution in [3.8, 4) is 0 Å². The van der Waals surface area contributed by atoms with Gasteiger partial charge in [-0.2, -0.15) is 0 Å². The van der Waals surface area contributed by atoms with E-state index in [2.05, 4.69) is 69.1 Å². The molecule has 1 aromatic heterocycles. The first-order valence-corrected chi connectivity index (χ1v) is 7.11. The predicted octanol–water partition coefficient (Wildman–Crippen LogP) is 5.57. The second-order valence-corrected chi connectivity index (χ2v) is 6.04. The van der Waals surface area contributed by atoms with E-state index in [1.54, 1.807) is 0 Å². The van der Waals surface area contributed by atoms with Crippen molar-refractivity contribution in [2.45, 2.75) is 39.5 Å². The fourth-order valence-corrected chi connectivity index (χ4v) is 2.65. The fraction of sp³-hybridized carbons (Fsp3) is 0.333. The number of rotatable bonds is 2. The molecule has 0 bridgehead atoms. The minimum atomic E-state index is 0.572. The second-order valence-electron chi connectivity index (χ2n) is 6.04. The van der Waals surface area contributed by atoms with Gasteiger partial charge in [-0.1, -0.05) is 39.8 Å². The Morgan fingerprint density at radius 3 is 1.47 bits per heavy atom. The van der Waals surface area contributed by atoms with Gasteiger partial charge in [-0.3, -0.25) is 0 Å². The fourth-order valence-electron chi connectivity index (χ4n) is 2.65. The van der Waals surface area contributed by atoms with Crippen molar-refractivity contribution in [1.29, 1.82) is 0 Å². The first-order valence-electron chi connectivity index (χ1n) is 7.11. The molecule has 0 aliphatic rings. The molecule has 0 fully saturated rings. The van der Waals surface area contributed by atoms with Crippen LogP contribution in [-0.2, 0) is 0 Å². The minimum Gasteiger partial charge on any atom is -0.355 e. The van der Waals surface area contributed by atoms with Crippen molar-refractivity contribution >= 4 is 21.8 Å². The first-order chi connectivity index (χ1) is 9.06. The molecule has 0 atom stereocenters. The third-order valence-corrected chi connectivity index (χ3v) is 3.98. The van der Waals surface area contributed by atoms with Gasteiger partial charge in [0.2, 0.25) is 0 Å². The molecule has 0 saturated carbocycles. The number of H-pyrrole nitrogens is 1. The standard InChI is InChI=1S/C18H21N/c1-11(2)13-5-7-17-15(9-13)16-10-14(12(3)4)6-8-18(16)19-17/h5-12,19H,1-4H3. The van der Waals surface area contributed by atoms with Crippen molar-refractivity contribution in [1.82, 2.24) is 4.98 Å². The molecule has 3 rings (SSSR count). The lowest BCUT2D eigenvalue weighted by Crippen LogP contribution is -1.86. The average molecular weight is 251 g/mol. The average Bonchev–Trinajstić information content (AvgIpc) is 2.75. The summed E-state index contributed by atoms with van der Waals surface area (Å²) >= 11 is 0. The van der Waals surface area contributed by atoms with Crippen LogP contribution in [-0.4, -0.2) is 4.98 Å². The Balaban J connectivity index is 2.31. The van der Waals surface area contributed by atoms with Crippen LogP contribution in [0.2, 0.25) is 0 Å². The summed E-state index contributed by atoms with van der Waals surface area (Å²) in [5.41, 5.74) is 5.28. The van der Waals surface area contributed by atoms with Gasteiger partial charge in [0.05, 0.1) is 0 Å². The summed E-state index contributed by atoms with van der Waals surface area (Å²) in [6.07, 6.45) is 0. The molecule has 3 aromatic rings. The van der Waals surface area contributed by atoms with Crippen LogP contribution in [0.4, 0.5) is 0 Å². The smallest absolute Gasteiger partial charge is 0.0465 e. The largest absolute Gasteiger partial charge is 0.355 e. The number of aromatic amines is 1. The lowest BCUT2D eigenvalue weighted by atomic mass is 9.98. The Kier molecular flexibility index (Phi) is 2.85. The van der Waals surface area contributed by atoms with Gasteiger partial charge < -0.3 is 4.98 Å². The summed E-state index contributed by atoms with van der Waals surface area (Å²) in [5.74, 6) is 1.14. The van der Waals surface area contributed by atoms with Crippen LogP contribution >= 0.6 is 0 Å². The molecule has 0 aliphatic heterocycles. The second kappa shape index (κ2) is 4.41. The zero-order valence-electron chi connectivity index (χ0n) is 12.1. The number of hydrogen-bond acceptors (Lipinski definition) is 0. The molecule has 2 aromatic carbocycles. The number of aromatic nitrogens is 1. The molecule has 1 N–H and O–H groups in total. The third kappa shape index (κ3) is 2.03. The van der Waals surface area contributed by atoms with Gasteiger partial charge in [0.1, 0.15) is 0 Å². The lowest BCUT2D eigenvalue weighted by molar-refractivity contribution is 0.868. The highest BCUT2D eigenvalue weighted by atomic mass is 14.7. The lowest BCUT2D eigenvalue weighted by Gasteiger charge is -2.06. The number of benzene rings is 2. The summed E-state index contributed by atoms with van der Waals surface area (Å²) in [6, 6.07) is 13.5. The van der Waals surface area contributed by atoms with E-state index in [1.165, 1.54) is 32.9 Å². The molecular weight excluding hydrogens is 230 g/mol. The van der Waals surface area contributed by atoms with E-state index in [4.69, 9.17) is 0 Å². The van der Waals surface area contributed by atoms with Crippen LogP contribution in [0.3, 0.4) is 0 Å². The van der Waals surface area contributed by atoms with Gasteiger partial charge in [-0.15, -0.1) is 0 Å². The Morgan fingerprint density at radius 1 is 0.684 bits per heavy atom. The molecule has 0 aliphatic carbocycles. The predicted molar refractivity (Wildman–Crippen MR) is 84.0 cm³/mol. The molecule has 98 valence electrons. The van der Waals surface area contributed by atoms with E-state index >= 15 is 0 Å². The van der Waals surface area contributed by atoms with Crippen LogP contribution < -0.4 is 0 Å². The van der Waals surface area contributed by atoms with Gasteiger partial charge in [0, 0.05) is 21.8 Å². The van der Waals surface area contributed by atoms with E-state index in [0.29, 0.717) is 11.8 Å². The molecule has 1 heteroatoms. The maximum absolute atomic E-state index is 3.51. The molecule has 1 heterocycles. The first kappa shape index (κ1) is 12.3. The minimum absolute atomic E-state index is 0.572. The van der Waals surface area contributed by atoms with Gasteiger partial charge in [0.25, 0.3) is 0 Å². The maximum Gasteiger partial charge on any atom is 0.0465 e. The maximum atomic E-state index is 3.51. The quantitative estimate of drug-likeness (QED) is 0.613. The molecule has 0 radical (unpaired) electrons. The van der Waals surface area contributed by atoms with Crippen LogP contribution in [0.15, 0.2) is 36.4 Å². The van der Waals surface area contributed by atoms with Crippen molar-refractivity contribution in [3.05, 3.63) is 47.5 Å². The molecule has 0 amide bonds. The topological polar surface area (TPSA) is 15.8 Å². The zero-order valence-corrected chi connectivity index (χ0v) is 12.1. The van der Waals surface area contributed by atoms with Crippen LogP contribution in [0, 0.1) is 0 Å². The summed E-state index contributed by atoms with van der Waals surface area (Å²) in [7, 11) is 0. The zero-order chi connectivity index (χ0) is 13.6. The van der Waals surface area contributed by atoms with Gasteiger partial charge in [-0.05, 0) is 47.2 Å².